The predicted molar refractivity (Wildman–Crippen MR) is 95.6 cm³/mol. The van der Waals surface area contributed by atoms with Gasteiger partial charge in [0, 0.05) is 17.8 Å². The molecule has 126 valence electrons. The van der Waals surface area contributed by atoms with E-state index in [0.717, 1.165) is 15.6 Å². The molecule has 0 spiro atoms. The van der Waals surface area contributed by atoms with Crippen LogP contribution in [0.3, 0.4) is 0 Å². The zero-order valence-corrected chi connectivity index (χ0v) is 15.1. The van der Waals surface area contributed by atoms with Crippen LogP contribution in [0.4, 0.5) is 11.4 Å². The molecule has 2 rings (SSSR count). The number of benzene rings is 2. The Balaban J connectivity index is 2.03. The van der Waals surface area contributed by atoms with Crippen molar-refractivity contribution < 1.29 is 14.5 Å². The van der Waals surface area contributed by atoms with Crippen LogP contribution in [0.2, 0.25) is 0 Å². The van der Waals surface area contributed by atoms with E-state index < -0.39 is 4.92 Å². The summed E-state index contributed by atoms with van der Waals surface area (Å²) < 4.78 is 6.38. The molecule has 2 aromatic rings. The number of nitrogens with zero attached hydrogens (tertiary/aromatic N) is 1. The van der Waals surface area contributed by atoms with Crippen molar-refractivity contribution in [2.75, 3.05) is 11.9 Å². The Labute approximate surface area is 148 Å². The molecule has 0 unspecified atom stereocenters. The number of rotatable bonds is 5. The van der Waals surface area contributed by atoms with Crippen molar-refractivity contribution in [2.24, 2.45) is 0 Å². The third kappa shape index (κ3) is 4.32. The fourth-order valence-electron chi connectivity index (χ4n) is 2.31. The van der Waals surface area contributed by atoms with E-state index in [1.165, 1.54) is 18.2 Å². The first-order valence-corrected chi connectivity index (χ1v) is 8.01. The highest BCUT2D eigenvalue weighted by Gasteiger charge is 2.12. The quantitative estimate of drug-likeness (QED) is 0.607. The number of ether oxygens (including phenoxy) is 1. The van der Waals surface area contributed by atoms with Gasteiger partial charge in [-0.25, -0.2) is 0 Å². The SMILES string of the molecule is Cc1cc(C)c(OCC(=O)Nc2ccc([N+](=O)[O-])cc2C)c(Br)c1. The molecule has 0 aromatic heterocycles. The van der Waals surface area contributed by atoms with Crippen LogP contribution in [0.15, 0.2) is 34.8 Å². The van der Waals surface area contributed by atoms with E-state index in [4.69, 9.17) is 4.74 Å². The van der Waals surface area contributed by atoms with Gasteiger partial charge in [0.25, 0.3) is 11.6 Å². The molecule has 2 aromatic carbocycles. The van der Waals surface area contributed by atoms with Gasteiger partial charge in [-0.3, -0.25) is 14.9 Å². The average Bonchev–Trinajstić information content (AvgIpc) is 2.48. The molecule has 6 nitrogen and oxygen atoms in total. The summed E-state index contributed by atoms with van der Waals surface area (Å²) in [5.41, 5.74) is 3.15. The Morgan fingerprint density at radius 2 is 1.92 bits per heavy atom. The second-order valence-corrected chi connectivity index (χ2v) is 6.34. The second kappa shape index (κ2) is 7.44. The minimum Gasteiger partial charge on any atom is -0.482 e. The molecule has 0 aliphatic carbocycles. The van der Waals surface area contributed by atoms with Gasteiger partial charge in [0.15, 0.2) is 6.61 Å². The van der Waals surface area contributed by atoms with Crippen LogP contribution < -0.4 is 10.1 Å². The smallest absolute Gasteiger partial charge is 0.269 e. The molecule has 0 saturated carbocycles. The summed E-state index contributed by atoms with van der Waals surface area (Å²) in [6.45, 7) is 5.43. The van der Waals surface area contributed by atoms with E-state index in [9.17, 15) is 14.9 Å². The normalized spacial score (nSPS) is 10.3. The molecule has 0 fully saturated rings. The molecular formula is C17H17BrN2O4. The lowest BCUT2D eigenvalue weighted by molar-refractivity contribution is -0.384. The summed E-state index contributed by atoms with van der Waals surface area (Å²) in [7, 11) is 0. The molecule has 0 heterocycles. The summed E-state index contributed by atoms with van der Waals surface area (Å²) in [5, 5.41) is 13.4. The predicted octanol–water partition coefficient (Wildman–Crippen LogP) is 4.30. The third-order valence-electron chi connectivity index (χ3n) is 3.42. The summed E-state index contributed by atoms with van der Waals surface area (Å²) >= 11 is 3.43. The number of halogens is 1. The van der Waals surface area contributed by atoms with Crippen LogP contribution in [0, 0.1) is 30.9 Å². The number of amides is 1. The summed E-state index contributed by atoms with van der Waals surface area (Å²) in [6.07, 6.45) is 0. The summed E-state index contributed by atoms with van der Waals surface area (Å²) in [5.74, 6) is 0.287. The van der Waals surface area contributed by atoms with Gasteiger partial charge in [-0.2, -0.15) is 0 Å². The highest BCUT2D eigenvalue weighted by atomic mass is 79.9. The van der Waals surface area contributed by atoms with Crippen LogP contribution in [0.25, 0.3) is 0 Å². The third-order valence-corrected chi connectivity index (χ3v) is 4.01. The van der Waals surface area contributed by atoms with Gasteiger partial charge in [-0.15, -0.1) is 0 Å². The van der Waals surface area contributed by atoms with Gasteiger partial charge in [-0.05, 0) is 65.5 Å². The van der Waals surface area contributed by atoms with Crippen molar-refractivity contribution in [2.45, 2.75) is 20.8 Å². The maximum atomic E-state index is 12.1. The summed E-state index contributed by atoms with van der Waals surface area (Å²) in [6, 6.07) is 8.17. The topological polar surface area (TPSA) is 81.5 Å². The number of nitro benzene ring substituents is 1. The zero-order chi connectivity index (χ0) is 17.9. The molecular weight excluding hydrogens is 376 g/mol. The van der Waals surface area contributed by atoms with Gasteiger partial charge in [0.2, 0.25) is 0 Å². The number of nitro groups is 1. The average molecular weight is 393 g/mol. The molecule has 0 bridgehead atoms. The number of hydrogen-bond donors (Lipinski definition) is 1. The van der Waals surface area contributed by atoms with Crippen LogP contribution in [-0.2, 0) is 4.79 Å². The second-order valence-electron chi connectivity index (χ2n) is 5.49. The number of non-ortho nitro benzene ring substituents is 1. The van der Waals surface area contributed by atoms with E-state index in [1.54, 1.807) is 6.92 Å². The van der Waals surface area contributed by atoms with Crippen LogP contribution in [0.5, 0.6) is 5.75 Å². The number of hydrogen-bond acceptors (Lipinski definition) is 4. The van der Waals surface area contributed by atoms with Crippen molar-refractivity contribution in [3.63, 3.8) is 0 Å². The van der Waals surface area contributed by atoms with E-state index in [-0.39, 0.29) is 18.2 Å². The maximum Gasteiger partial charge on any atom is 0.269 e. The minimum atomic E-state index is -0.473. The fourth-order valence-corrected chi connectivity index (χ4v) is 3.10. The molecule has 0 saturated heterocycles. The molecule has 0 radical (unpaired) electrons. The molecule has 1 amide bonds. The summed E-state index contributed by atoms with van der Waals surface area (Å²) in [4.78, 5) is 22.3. The van der Waals surface area contributed by atoms with Gasteiger partial charge in [0.1, 0.15) is 5.75 Å². The molecule has 0 atom stereocenters. The van der Waals surface area contributed by atoms with E-state index in [1.807, 2.05) is 26.0 Å². The van der Waals surface area contributed by atoms with Gasteiger partial charge in [-0.1, -0.05) is 6.07 Å². The maximum absolute atomic E-state index is 12.1. The standard InChI is InChI=1S/C17H17BrN2O4/c1-10-6-12(3)17(14(18)7-10)24-9-16(21)19-15-5-4-13(20(22)23)8-11(15)2/h4-8H,9H2,1-3H3,(H,19,21). The molecule has 7 heteroatoms. The van der Waals surface area contributed by atoms with Crippen molar-refractivity contribution in [1.29, 1.82) is 0 Å². The Hall–Kier alpha value is -2.41. The number of nitrogens with one attached hydrogen (secondary N) is 1. The highest BCUT2D eigenvalue weighted by molar-refractivity contribution is 9.10. The van der Waals surface area contributed by atoms with E-state index in [0.29, 0.717) is 17.0 Å². The number of aryl methyl sites for hydroxylation is 3. The lowest BCUT2D eigenvalue weighted by atomic mass is 10.1. The number of anilines is 1. The van der Waals surface area contributed by atoms with E-state index >= 15 is 0 Å². The van der Waals surface area contributed by atoms with Gasteiger partial charge in [0.05, 0.1) is 9.40 Å². The van der Waals surface area contributed by atoms with Crippen molar-refractivity contribution in [3.8, 4) is 5.75 Å². The van der Waals surface area contributed by atoms with Crippen molar-refractivity contribution in [1.82, 2.24) is 0 Å². The van der Waals surface area contributed by atoms with Crippen LogP contribution in [0.1, 0.15) is 16.7 Å². The molecule has 0 aliphatic rings. The molecule has 1 N–H and O–H groups in total. The lowest BCUT2D eigenvalue weighted by Crippen LogP contribution is -2.21. The molecule has 24 heavy (non-hydrogen) atoms. The van der Waals surface area contributed by atoms with Crippen LogP contribution in [-0.4, -0.2) is 17.4 Å². The Bertz CT molecular complexity index is 782. The Morgan fingerprint density at radius 1 is 1.21 bits per heavy atom. The number of carbonyl (C=O) groups excluding carboxylic acids is 1. The number of carbonyl (C=O) groups is 1. The molecule has 0 aliphatic heterocycles. The lowest BCUT2D eigenvalue weighted by Gasteiger charge is -2.13. The first kappa shape index (κ1) is 17.9. The first-order valence-electron chi connectivity index (χ1n) is 7.22. The zero-order valence-electron chi connectivity index (χ0n) is 13.6. The minimum absolute atomic E-state index is 0.0130. The fraction of sp³-hybridized carbons (Fsp3) is 0.235. The largest absolute Gasteiger partial charge is 0.482 e. The monoisotopic (exact) mass is 392 g/mol. The highest BCUT2D eigenvalue weighted by Crippen LogP contribution is 2.30. The van der Waals surface area contributed by atoms with E-state index in [2.05, 4.69) is 21.2 Å². The van der Waals surface area contributed by atoms with Crippen LogP contribution >= 0.6 is 15.9 Å². The first-order chi connectivity index (χ1) is 11.3. The van der Waals surface area contributed by atoms with Crippen molar-refractivity contribution in [3.05, 3.63) is 61.6 Å². The van der Waals surface area contributed by atoms with Crippen molar-refractivity contribution >= 4 is 33.2 Å². The van der Waals surface area contributed by atoms with Gasteiger partial charge < -0.3 is 10.1 Å². The Kier molecular flexibility index (Phi) is 5.56. The Morgan fingerprint density at radius 3 is 2.50 bits per heavy atom. The van der Waals surface area contributed by atoms with Gasteiger partial charge >= 0.3 is 0 Å².